The van der Waals surface area contributed by atoms with Crippen molar-refractivity contribution in [3.63, 3.8) is 0 Å². The summed E-state index contributed by atoms with van der Waals surface area (Å²) < 4.78 is 0. The zero-order valence-electron chi connectivity index (χ0n) is 17.5. The van der Waals surface area contributed by atoms with E-state index in [2.05, 4.69) is 89.6 Å². The summed E-state index contributed by atoms with van der Waals surface area (Å²) in [5, 5.41) is 1.28. The van der Waals surface area contributed by atoms with Gasteiger partial charge in [0.25, 0.3) is 0 Å². The van der Waals surface area contributed by atoms with Gasteiger partial charge in [-0.1, -0.05) is 42.5 Å². The number of aromatic nitrogens is 1. The molecular weight excluding hydrogens is 384 g/mol. The fourth-order valence-corrected chi connectivity index (χ4v) is 5.31. The van der Waals surface area contributed by atoms with Gasteiger partial charge in [-0.15, -0.1) is 11.8 Å². The number of H-pyrrole nitrogens is 1. The molecule has 1 aliphatic heterocycles. The van der Waals surface area contributed by atoms with E-state index in [1.54, 1.807) is 0 Å². The van der Waals surface area contributed by atoms with Crippen LogP contribution in [0.4, 0.5) is 5.69 Å². The quantitative estimate of drug-likeness (QED) is 0.341. The maximum atomic E-state index is 3.69. The van der Waals surface area contributed by atoms with Gasteiger partial charge in [-0.25, -0.2) is 0 Å². The molecule has 3 heteroatoms. The molecular formula is C27H28N2S. The number of aryl methyl sites for hydroxylation is 2. The van der Waals surface area contributed by atoms with Gasteiger partial charge in [0, 0.05) is 51.6 Å². The van der Waals surface area contributed by atoms with Crippen LogP contribution in [-0.2, 0) is 6.42 Å². The number of rotatable bonds is 6. The average molecular weight is 413 g/mol. The van der Waals surface area contributed by atoms with Crippen LogP contribution in [0.3, 0.4) is 0 Å². The molecule has 30 heavy (non-hydrogen) atoms. The lowest BCUT2D eigenvalue weighted by Crippen LogP contribution is -2.18. The average Bonchev–Trinajstić information content (AvgIpc) is 3.44. The van der Waals surface area contributed by atoms with Crippen molar-refractivity contribution in [1.29, 1.82) is 0 Å². The fraction of sp³-hybridized carbons (Fsp3) is 0.259. The zero-order chi connectivity index (χ0) is 20.3. The molecule has 152 valence electrons. The summed E-state index contributed by atoms with van der Waals surface area (Å²) in [7, 11) is 0. The summed E-state index contributed by atoms with van der Waals surface area (Å²) in [4.78, 5) is 7.58. The van der Waals surface area contributed by atoms with E-state index in [1.165, 1.54) is 56.7 Å². The monoisotopic (exact) mass is 412 g/mol. The smallest absolute Gasteiger partial charge is 0.0486 e. The Balaban J connectivity index is 1.45. The van der Waals surface area contributed by atoms with Crippen molar-refractivity contribution in [2.45, 2.75) is 31.1 Å². The van der Waals surface area contributed by atoms with Gasteiger partial charge in [0.05, 0.1) is 0 Å². The fourth-order valence-electron chi connectivity index (χ4n) is 4.37. The van der Waals surface area contributed by atoms with Crippen molar-refractivity contribution < 1.29 is 0 Å². The highest BCUT2D eigenvalue weighted by atomic mass is 32.2. The van der Waals surface area contributed by atoms with Crippen molar-refractivity contribution in [2.75, 3.05) is 23.7 Å². The largest absolute Gasteiger partial charge is 0.371 e. The number of fused-ring (bicyclic) bond motifs is 1. The summed E-state index contributed by atoms with van der Waals surface area (Å²) in [6.07, 6.45) is 3.68. The van der Waals surface area contributed by atoms with Gasteiger partial charge in [-0.3, -0.25) is 0 Å². The SMILES string of the molecule is Cc1ccc2cc(-c3cc(SCCc4ccccc4)ccc3N3CCCC3)[nH]c2c1. The Kier molecular flexibility index (Phi) is 5.54. The van der Waals surface area contributed by atoms with E-state index in [0.29, 0.717) is 0 Å². The summed E-state index contributed by atoms with van der Waals surface area (Å²) in [5.74, 6) is 1.10. The van der Waals surface area contributed by atoms with Crippen molar-refractivity contribution in [3.05, 3.63) is 83.9 Å². The molecule has 0 atom stereocenters. The molecule has 0 saturated carbocycles. The number of nitrogens with zero attached hydrogens (tertiary/aromatic N) is 1. The molecule has 0 aliphatic carbocycles. The topological polar surface area (TPSA) is 19.0 Å². The van der Waals surface area contributed by atoms with Crippen LogP contribution in [0.5, 0.6) is 0 Å². The molecule has 2 nitrogen and oxygen atoms in total. The third-order valence-electron chi connectivity index (χ3n) is 5.99. The zero-order valence-corrected chi connectivity index (χ0v) is 18.3. The van der Waals surface area contributed by atoms with Gasteiger partial charge in [0.2, 0.25) is 0 Å². The number of nitrogens with one attached hydrogen (secondary N) is 1. The lowest BCUT2D eigenvalue weighted by atomic mass is 10.1. The molecule has 1 saturated heterocycles. The maximum absolute atomic E-state index is 3.69. The highest BCUT2D eigenvalue weighted by Gasteiger charge is 2.18. The molecule has 3 aromatic carbocycles. The van der Waals surface area contributed by atoms with Gasteiger partial charge in [-0.2, -0.15) is 0 Å². The van der Waals surface area contributed by atoms with Crippen LogP contribution >= 0.6 is 11.8 Å². The van der Waals surface area contributed by atoms with Crippen molar-refractivity contribution >= 4 is 28.4 Å². The summed E-state index contributed by atoms with van der Waals surface area (Å²) in [6, 6.07) is 26.8. The minimum Gasteiger partial charge on any atom is -0.371 e. The molecule has 1 aliphatic rings. The molecule has 0 spiro atoms. The maximum Gasteiger partial charge on any atom is 0.0486 e. The lowest BCUT2D eigenvalue weighted by Gasteiger charge is -2.22. The molecule has 1 N–H and O–H groups in total. The van der Waals surface area contributed by atoms with Gasteiger partial charge in [0.15, 0.2) is 0 Å². The number of hydrogen-bond donors (Lipinski definition) is 1. The Morgan fingerprint density at radius 1 is 0.900 bits per heavy atom. The van der Waals surface area contributed by atoms with Crippen LogP contribution in [-0.4, -0.2) is 23.8 Å². The van der Waals surface area contributed by atoms with Crippen LogP contribution in [0.2, 0.25) is 0 Å². The summed E-state index contributed by atoms with van der Waals surface area (Å²) in [5.41, 5.74) is 7.84. The first-order valence-corrected chi connectivity index (χ1v) is 11.9. The van der Waals surface area contributed by atoms with E-state index in [1.807, 2.05) is 11.8 Å². The van der Waals surface area contributed by atoms with Crippen LogP contribution in [0.15, 0.2) is 77.7 Å². The van der Waals surface area contributed by atoms with E-state index in [4.69, 9.17) is 0 Å². The number of hydrogen-bond acceptors (Lipinski definition) is 2. The molecule has 4 aromatic rings. The molecule has 5 rings (SSSR count). The first-order valence-electron chi connectivity index (χ1n) is 10.9. The summed E-state index contributed by atoms with van der Waals surface area (Å²) >= 11 is 1.95. The molecule has 1 fully saturated rings. The first kappa shape index (κ1) is 19.3. The molecule has 0 unspecified atom stereocenters. The Bertz CT molecular complexity index is 1140. The Labute approximate surface area is 183 Å². The molecule has 2 heterocycles. The van der Waals surface area contributed by atoms with Crippen molar-refractivity contribution in [3.8, 4) is 11.3 Å². The number of aromatic amines is 1. The van der Waals surface area contributed by atoms with Gasteiger partial charge < -0.3 is 9.88 Å². The second-order valence-corrected chi connectivity index (χ2v) is 9.40. The molecule has 1 aromatic heterocycles. The number of thioether (sulfide) groups is 1. The highest BCUT2D eigenvalue weighted by Crippen LogP contribution is 2.37. The second-order valence-electron chi connectivity index (χ2n) is 8.23. The molecule has 0 radical (unpaired) electrons. The van der Waals surface area contributed by atoms with Gasteiger partial charge in [0.1, 0.15) is 0 Å². The van der Waals surface area contributed by atoms with Crippen LogP contribution in [0.1, 0.15) is 24.0 Å². The predicted octanol–water partition coefficient (Wildman–Crippen LogP) is 7.08. The van der Waals surface area contributed by atoms with E-state index < -0.39 is 0 Å². The normalized spacial score (nSPS) is 14.0. The van der Waals surface area contributed by atoms with E-state index in [0.717, 1.165) is 25.3 Å². The molecule has 0 bridgehead atoms. The van der Waals surface area contributed by atoms with Crippen LogP contribution in [0.25, 0.3) is 22.2 Å². The highest BCUT2D eigenvalue weighted by molar-refractivity contribution is 7.99. The van der Waals surface area contributed by atoms with Crippen LogP contribution in [0, 0.1) is 6.92 Å². The molecule has 0 amide bonds. The predicted molar refractivity (Wildman–Crippen MR) is 131 cm³/mol. The van der Waals surface area contributed by atoms with Gasteiger partial charge >= 0.3 is 0 Å². The second kappa shape index (κ2) is 8.61. The Hall–Kier alpha value is -2.65. The minimum absolute atomic E-state index is 1.10. The third kappa shape index (κ3) is 4.13. The number of anilines is 1. The van der Waals surface area contributed by atoms with E-state index in [9.17, 15) is 0 Å². The summed E-state index contributed by atoms with van der Waals surface area (Å²) in [6.45, 7) is 4.47. The van der Waals surface area contributed by atoms with Crippen LogP contribution < -0.4 is 4.90 Å². The Morgan fingerprint density at radius 3 is 2.57 bits per heavy atom. The Morgan fingerprint density at radius 2 is 1.73 bits per heavy atom. The van der Waals surface area contributed by atoms with Crippen molar-refractivity contribution in [2.24, 2.45) is 0 Å². The van der Waals surface area contributed by atoms with E-state index >= 15 is 0 Å². The van der Waals surface area contributed by atoms with Gasteiger partial charge in [-0.05, 0) is 67.6 Å². The van der Waals surface area contributed by atoms with E-state index in [-0.39, 0.29) is 0 Å². The number of benzene rings is 3. The van der Waals surface area contributed by atoms with Crippen molar-refractivity contribution in [1.82, 2.24) is 4.98 Å². The standard InChI is InChI=1S/C27H28N2S/c1-20-9-10-22-18-26(28-25(22)17-20)24-19-23(11-12-27(24)29-14-5-6-15-29)30-16-13-21-7-3-2-4-8-21/h2-4,7-12,17-19,28H,5-6,13-16H2,1H3. The lowest BCUT2D eigenvalue weighted by molar-refractivity contribution is 0.949. The third-order valence-corrected chi connectivity index (χ3v) is 6.98. The first-order chi connectivity index (χ1) is 14.8. The minimum atomic E-state index is 1.10.